The molecule has 4 heteroatoms. The van der Waals surface area contributed by atoms with Crippen molar-refractivity contribution in [1.82, 2.24) is 9.34 Å². The van der Waals surface area contributed by atoms with E-state index in [-0.39, 0.29) is 15.5 Å². The molecular formula is C18H30N2P2. The maximum Gasteiger partial charge on any atom is 0.0341 e. The Labute approximate surface area is 139 Å². The molecule has 0 aromatic rings. The van der Waals surface area contributed by atoms with Gasteiger partial charge in [-0.3, -0.25) is 9.34 Å². The Kier molecular flexibility index (Phi) is 7.51. The number of nitrogens with zero attached hydrogens (tertiary/aromatic N) is 2. The monoisotopic (exact) mass is 336 g/mol. The molecule has 0 radical (unpaired) electrons. The van der Waals surface area contributed by atoms with Gasteiger partial charge < -0.3 is 0 Å². The fourth-order valence-electron chi connectivity index (χ4n) is 3.08. The van der Waals surface area contributed by atoms with Gasteiger partial charge in [-0.15, -0.1) is 0 Å². The molecule has 2 aliphatic rings. The molecule has 0 bridgehead atoms. The van der Waals surface area contributed by atoms with Crippen LogP contribution in [0.3, 0.4) is 0 Å². The molecule has 2 rings (SSSR count). The Balaban J connectivity index is 2.36. The second-order valence-corrected chi connectivity index (χ2v) is 11.5. The summed E-state index contributed by atoms with van der Waals surface area (Å²) in [7, 11) is -0.406. The van der Waals surface area contributed by atoms with Gasteiger partial charge in [-0.25, -0.2) is 0 Å². The van der Waals surface area contributed by atoms with Crippen LogP contribution in [0.25, 0.3) is 0 Å². The van der Waals surface area contributed by atoms with E-state index in [2.05, 4.69) is 85.6 Å². The lowest BCUT2D eigenvalue weighted by Crippen LogP contribution is -2.28. The normalized spacial score (nSPS) is 20.8. The Hall–Kier alpha value is -0.260. The van der Waals surface area contributed by atoms with Gasteiger partial charge in [0.2, 0.25) is 0 Å². The summed E-state index contributed by atoms with van der Waals surface area (Å²) >= 11 is 0. The van der Waals surface area contributed by atoms with E-state index in [1.54, 1.807) is 0 Å². The standard InChI is InChI=1S/C18H30N2P2/c1-5-19(6-2)21(17-13-9-10-14-17)22(20(7-3)8-4)18-15-11-12-16-18/h9-18H,5-8H2,1-4H3. The maximum absolute atomic E-state index is 2.74. The zero-order valence-electron chi connectivity index (χ0n) is 14.4. The first-order valence-electron chi connectivity index (χ1n) is 8.54. The van der Waals surface area contributed by atoms with Crippen LogP contribution in [-0.2, 0) is 0 Å². The van der Waals surface area contributed by atoms with E-state index in [1.807, 2.05) is 0 Å². The predicted molar refractivity (Wildman–Crippen MR) is 104 cm³/mol. The third-order valence-corrected chi connectivity index (χ3v) is 13.1. The highest BCUT2D eigenvalue weighted by atomic mass is 32.1. The summed E-state index contributed by atoms with van der Waals surface area (Å²) in [6.07, 6.45) is 18.6. The minimum absolute atomic E-state index is 0.203. The van der Waals surface area contributed by atoms with Crippen molar-refractivity contribution in [1.29, 1.82) is 0 Å². The minimum Gasteiger partial charge on any atom is -0.277 e. The molecule has 0 N–H and O–H groups in total. The summed E-state index contributed by atoms with van der Waals surface area (Å²) in [4.78, 5) is 0. The number of hydrogen-bond acceptors (Lipinski definition) is 2. The largest absolute Gasteiger partial charge is 0.277 e. The molecule has 122 valence electrons. The molecule has 2 aliphatic carbocycles. The lowest BCUT2D eigenvalue weighted by Gasteiger charge is -2.45. The minimum atomic E-state index is -0.203. The van der Waals surface area contributed by atoms with E-state index in [1.165, 1.54) is 0 Å². The third-order valence-electron chi connectivity index (χ3n) is 4.24. The van der Waals surface area contributed by atoms with Gasteiger partial charge in [0, 0.05) is 26.8 Å². The van der Waals surface area contributed by atoms with Crippen LogP contribution in [-0.4, -0.2) is 46.8 Å². The topological polar surface area (TPSA) is 6.48 Å². The van der Waals surface area contributed by atoms with E-state index in [0.717, 1.165) is 26.2 Å². The summed E-state index contributed by atoms with van der Waals surface area (Å²) in [5.74, 6) is 0. The van der Waals surface area contributed by atoms with Crippen LogP contribution < -0.4 is 0 Å². The number of rotatable bonds is 9. The van der Waals surface area contributed by atoms with Crippen LogP contribution in [0, 0.1) is 0 Å². The molecule has 2 nitrogen and oxygen atoms in total. The van der Waals surface area contributed by atoms with Gasteiger partial charge in [0.05, 0.1) is 0 Å². The average Bonchev–Trinajstić information content (AvgIpc) is 3.24. The zero-order chi connectivity index (χ0) is 15.9. The van der Waals surface area contributed by atoms with Crippen molar-refractivity contribution >= 4 is 15.5 Å². The molecule has 0 aliphatic heterocycles. The Bertz CT molecular complexity index is 382. The van der Waals surface area contributed by atoms with Gasteiger partial charge in [-0.1, -0.05) is 76.3 Å². The van der Waals surface area contributed by atoms with E-state index >= 15 is 0 Å². The van der Waals surface area contributed by atoms with Crippen LogP contribution in [0.4, 0.5) is 0 Å². The first-order chi connectivity index (χ1) is 10.8. The van der Waals surface area contributed by atoms with Crippen LogP contribution in [0.1, 0.15) is 27.7 Å². The van der Waals surface area contributed by atoms with Gasteiger partial charge in [0.25, 0.3) is 0 Å². The molecular weight excluding hydrogens is 306 g/mol. The van der Waals surface area contributed by atoms with Crippen molar-refractivity contribution < 1.29 is 0 Å². The molecule has 22 heavy (non-hydrogen) atoms. The predicted octanol–water partition coefficient (Wildman–Crippen LogP) is 5.37. The molecule has 2 atom stereocenters. The van der Waals surface area contributed by atoms with Crippen molar-refractivity contribution in [3.63, 3.8) is 0 Å². The molecule has 0 aromatic carbocycles. The highest BCUT2D eigenvalue weighted by Gasteiger charge is 2.38. The lowest BCUT2D eigenvalue weighted by atomic mass is 10.5. The fraction of sp³-hybridized carbons (Fsp3) is 0.556. The average molecular weight is 336 g/mol. The fourth-order valence-corrected chi connectivity index (χ4v) is 12.7. The second kappa shape index (κ2) is 9.14. The SMILES string of the molecule is CCN(CC)P(C1C=CC=C1)P(C1C=CC=C1)N(CC)CC. The molecule has 0 amide bonds. The van der Waals surface area contributed by atoms with E-state index in [9.17, 15) is 0 Å². The Morgan fingerprint density at radius 2 is 0.864 bits per heavy atom. The Morgan fingerprint density at radius 3 is 1.09 bits per heavy atom. The highest BCUT2D eigenvalue weighted by Crippen LogP contribution is 2.78. The summed E-state index contributed by atoms with van der Waals surface area (Å²) in [5.41, 5.74) is 1.23. The first kappa shape index (κ1) is 18.1. The van der Waals surface area contributed by atoms with Crippen molar-refractivity contribution in [2.24, 2.45) is 0 Å². The van der Waals surface area contributed by atoms with Crippen LogP contribution in [0.15, 0.2) is 48.6 Å². The molecule has 0 heterocycles. The molecule has 0 fully saturated rings. The third kappa shape index (κ3) is 3.98. The van der Waals surface area contributed by atoms with Gasteiger partial charge in [0.1, 0.15) is 0 Å². The van der Waals surface area contributed by atoms with E-state index in [0.29, 0.717) is 11.3 Å². The van der Waals surface area contributed by atoms with Crippen LogP contribution in [0.2, 0.25) is 0 Å². The molecule has 2 unspecified atom stereocenters. The van der Waals surface area contributed by atoms with Crippen molar-refractivity contribution in [2.75, 3.05) is 26.2 Å². The van der Waals surface area contributed by atoms with Crippen LogP contribution in [0.5, 0.6) is 0 Å². The summed E-state index contributed by atoms with van der Waals surface area (Å²) in [6, 6.07) is 0. The van der Waals surface area contributed by atoms with Crippen molar-refractivity contribution in [3.05, 3.63) is 48.6 Å². The first-order valence-corrected chi connectivity index (χ1v) is 12.0. The van der Waals surface area contributed by atoms with Gasteiger partial charge in [-0.05, 0) is 26.2 Å². The number of allylic oxidation sites excluding steroid dienone is 8. The van der Waals surface area contributed by atoms with Gasteiger partial charge >= 0.3 is 0 Å². The maximum atomic E-state index is 2.74. The summed E-state index contributed by atoms with van der Waals surface area (Å²) in [6.45, 7) is 13.9. The zero-order valence-corrected chi connectivity index (χ0v) is 16.2. The van der Waals surface area contributed by atoms with Gasteiger partial charge in [-0.2, -0.15) is 0 Å². The van der Waals surface area contributed by atoms with Crippen molar-refractivity contribution in [2.45, 2.75) is 39.0 Å². The van der Waals surface area contributed by atoms with Crippen LogP contribution >= 0.6 is 15.5 Å². The number of hydrogen-bond donors (Lipinski definition) is 0. The van der Waals surface area contributed by atoms with Crippen molar-refractivity contribution in [3.8, 4) is 0 Å². The Morgan fingerprint density at radius 1 is 0.591 bits per heavy atom. The summed E-state index contributed by atoms with van der Waals surface area (Å²) in [5, 5.41) is 0. The lowest BCUT2D eigenvalue weighted by molar-refractivity contribution is 0.495. The molecule has 0 saturated carbocycles. The van der Waals surface area contributed by atoms with E-state index < -0.39 is 0 Å². The molecule has 0 aromatic heterocycles. The molecule has 0 spiro atoms. The second-order valence-electron chi connectivity index (χ2n) is 5.44. The van der Waals surface area contributed by atoms with Gasteiger partial charge in [0.15, 0.2) is 0 Å². The summed E-state index contributed by atoms with van der Waals surface area (Å²) < 4.78 is 5.48. The molecule has 0 saturated heterocycles. The highest BCUT2D eigenvalue weighted by molar-refractivity contribution is 8.28. The quantitative estimate of drug-likeness (QED) is 0.522. The smallest absolute Gasteiger partial charge is 0.0341 e. The van der Waals surface area contributed by atoms with E-state index in [4.69, 9.17) is 0 Å².